The second-order valence-corrected chi connectivity index (χ2v) is 7.38. The van der Waals surface area contributed by atoms with Gasteiger partial charge in [-0.05, 0) is 35.9 Å². The van der Waals surface area contributed by atoms with Crippen molar-refractivity contribution < 1.29 is 9.59 Å². The molecular weight excluding hydrogens is 388 g/mol. The molecule has 0 radical (unpaired) electrons. The van der Waals surface area contributed by atoms with E-state index in [9.17, 15) is 14.4 Å². The number of thioether (sulfide) groups is 1. The first-order valence-electron chi connectivity index (χ1n) is 8.01. The molecule has 0 saturated carbocycles. The van der Waals surface area contributed by atoms with Crippen LogP contribution in [0.3, 0.4) is 0 Å². The predicted molar refractivity (Wildman–Crippen MR) is 103 cm³/mol. The number of nitrogens with one attached hydrogen (secondary N) is 2. The van der Waals surface area contributed by atoms with Gasteiger partial charge in [0.2, 0.25) is 0 Å². The minimum absolute atomic E-state index is 0.0879. The summed E-state index contributed by atoms with van der Waals surface area (Å²) < 4.78 is 0. The van der Waals surface area contributed by atoms with Gasteiger partial charge in [-0.3, -0.25) is 19.8 Å². The monoisotopic (exact) mass is 400 g/mol. The number of aromatic amines is 1. The van der Waals surface area contributed by atoms with Crippen LogP contribution < -0.4 is 11.0 Å². The van der Waals surface area contributed by atoms with Crippen molar-refractivity contribution in [3.63, 3.8) is 0 Å². The minimum atomic E-state index is -0.656. The zero-order valence-corrected chi connectivity index (χ0v) is 15.4. The van der Waals surface area contributed by atoms with Gasteiger partial charge < -0.3 is 4.98 Å². The first kappa shape index (κ1) is 17.6. The molecule has 2 aromatic heterocycles. The molecule has 1 unspecified atom stereocenters. The van der Waals surface area contributed by atoms with Crippen LogP contribution in [0, 0.1) is 0 Å². The molecule has 2 N–H and O–H groups in total. The number of hydrazine groups is 1. The minimum Gasteiger partial charge on any atom is -0.306 e. The van der Waals surface area contributed by atoms with Crippen LogP contribution >= 0.6 is 23.4 Å². The van der Waals surface area contributed by atoms with E-state index in [-0.39, 0.29) is 22.6 Å². The van der Waals surface area contributed by atoms with Gasteiger partial charge in [-0.2, -0.15) is 0 Å². The molecule has 1 fully saturated rings. The first-order chi connectivity index (χ1) is 13.0. The highest BCUT2D eigenvalue weighted by Gasteiger charge is 2.34. The van der Waals surface area contributed by atoms with Gasteiger partial charge in [0.1, 0.15) is 16.6 Å². The summed E-state index contributed by atoms with van der Waals surface area (Å²) in [4.78, 5) is 43.8. The SMILES string of the molecule is O=C(NN1C(=O)CSC1c1ccc(Cl)cc1)c1cc2cccnc2[nH]c1=O. The molecule has 1 atom stereocenters. The number of rotatable bonds is 3. The molecule has 9 heteroatoms. The van der Waals surface area contributed by atoms with Gasteiger partial charge in [-0.15, -0.1) is 11.8 Å². The number of H-pyrrole nitrogens is 1. The van der Waals surface area contributed by atoms with Gasteiger partial charge >= 0.3 is 0 Å². The Labute approximate surface area is 162 Å². The zero-order chi connectivity index (χ0) is 19.0. The fourth-order valence-corrected chi connectivity index (χ4v) is 4.03. The van der Waals surface area contributed by atoms with E-state index < -0.39 is 11.5 Å². The Hall–Kier alpha value is -2.84. The van der Waals surface area contributed by atoms with Crippen molar-refractivity contribution >= 4 is 46.2 Å². The molecule has 3 heterocycles. The van der Waals surface area contributed by atoms with Crippen LogP contribution in [0.1, 0.15) is 21.3 Å². The highest BCUT2D eigenvalue weighted by Crippen LogP contribution is 2.37. The quantitative estimate of drug-likeness (QED) is 0.704. The van der Waals surface area contributed by atoms with E-state index in [0.29, 0.717) is 16.1 Å². The van der Waals surface area contributed by atoms with Gasteiger partial charge in [0.15, 0.2) is 0 Å². The van der Waals surface area contributed by atoms with E-state index in [1.54, 1.807) is 42.6 Å². The average Bonchev–Trinajstić information content (AvgIpc) is 3.02. The Morgan fingerprint density at radius 3 is 2.81 bits per heavy atom. The van der Waals surface area contributed by atoms with Gasteiger partial charge in [0, 0.05) is 16.6 Å². The number of halogens is 1. The van der Waals surface area contributed by atoms with Crippen molar-refractivity contribution in [2.45, 2.75) is 5.37 Å². The number of benzene rings is 1. The molecule has 0 bridgehead atoms. The Morgan fingerprint density at radius 1 is 1.26 bits per heavy atom. The molecule has 4 rings (SSSR count). The smallest absolute Gasteiger partial charge is 0.275 e. The Morgan fingerprint density at radius 2 is 2.04 bits per heavy atom. The number of fused-ring (bicyclic) bond motifs is 1. The molecular formula is C18H13ClN4O3S. The molecule has 27 heavy (non-hydrogen) atoms. The number of hydrogen-bond donors (Lipinski definition) is 2. The van der Waals surface area contributed by atoms with E-state index in [2.05, 4.69) is 15.4 Å². The van der Waals surface area contributed by atoms with E-state index >= 15 is 0 Å². The molecule has 1 aromatic carbocycles. The standard InChI is InChI=1S/C18H13ClN4O3S/c19-12-5-3-10(4-6-12)18-23(14(24)9-27-18)22-17(26)13-8-11-2-1-7-20-15(11)21-16(13)25/h1-8,18H,9H2,(H,22,26)(H,20,21,25). The normalized spacial score (nSPS) is 16.7. The van der Waals surface area contributed by atoms with Crippen LogP contribution in [0.2, 0.25) is 5.02 Å². The highest BCUT2D eigenvalue weighted by molar-refractivity contribution is 8.00. The van der Waals surface area contributed by atoms with Crippen LogP contribution in [0.5, 0.6) is 0 Å². The van der Waals surface area contributed by atoms with Gasteiger partial charge in [-0.25, -0.2) is 9.99 Å². The van der Waals surface area contributed by atoms with Gasteiger partial charge in [0.05, 0.1) is 5.75 Å². The van der Waals surface area contributed by atoms with Crippen LogP contribution in [-0.4, -0.2) is 32.5 Å². The third-order valence-electron chi connectivity index (χ3n) is 4.10. The fraction of sp³-hybridized carbons (Fsp3) is 0.111. The predicted octanol–water partition coefficient (Wildman–Crippen LogP) is 2.50. The number of nitrogens with zero attached hydrogens (tertiary/aromatic N) is 2. The van der Waals surface area contributed by atoms with Gasteiger partial charge in [0.25, 0.3) is 17.4 Å². The summed E-state index contributed by atoms with van der Waals surface area (Å²) in [6.45, 7) is 0. The third-order valence-corrected chi connectivity index (χ3v) is 5.57. The second-order valence-electron chi connectivity index (χ2n) is 5.87. The van der Waals surface area contributed by atoms with Crippen molar-refractivity contribution in [3.8, 4) is 0 Å². The summed E-state index contributed by atoms with van der Waals surface area (Å²) in [6, 6.07) is 11.9. The Balaban J connectivity index is 1.63. The molecule has 0 spiro atoms. The third kappa shape index (κ3) is 3.41. The molecule has 0 aliphatic carbocycles. The average molecular weight is 401 g/mol. The molecule has 7 nitrogen and oxygen atoms in total. The van der Waals surface area contributed by atoms with Crippen molar-refractivity contribution in [2.24, 2.45) is 0 Å². The van der Waals surface area contributed by atoms with E-state index in [1.165, 1.54) is 22.8 Å². The largest absolute Gasteiger partial charge is 0.306 e. The number of carbonyl (C=O) groups excluding carboxylic acids is 2. The van der Waals surface area contributed by atoms with E-state index in [4.69, 9.17) is 11.6 Å². The summed E-state index contributed by atoms with van der Waals surface area (Å²) in [7, 11) is 0. The van der Waals surface area contributed by atoms with Crippen LogP contribution in [0.4, 0.5) is 0 Å². The van der Waals surface area contributed by atoms with E-state index in [1.807, 2.05) is 0 Å². The number of amides is 2. The maximum Gasteiger partial charge on any atom is 0.275 e. The van der Waals surface area contributed by atoms with Crippen molar-refractivity contribution in [1.29, 1.82) is 0 Å². The highest BCUT2D eigenvalue weighted by atomic mass is 35.5. The maximum atomic E-state index is 12.7. The number of hydrogen-bond acceptors (Lipinski definition) is 5. The second kappa shape index (κ2) is 7.05. The lowest BCUT2D eigenvalue weighted by molar-refractivity contribution is -0.130. The molecule has 1 aliphatic rings. The molecule has 2 amide bonds. The first-order valence-corrected chi connectivity index (χ1v) is 9.44. The van der Waals surface area contributed by atoms with Crippen molar-refractivity contribution in [1.82, 2.24) is 20.4 Å². The van der Waals surface area contributed by atoms with Crippen molar-refractivity contribution in [2.75, 3.05) is 5.75 Å². The van der Waals surface area contributed by atoms with Crippen molar-refractivity contribution in [3.05, 3.63) is 75.2 Å². The Bertz CT molecular complexity index is 1100. The number of pyridine rings is 2. The lowest BCUT2D eigenvalue weighted by atomic mass is 10.2. The number of carbonyl (C=O) groups is 2. The van der Waals surface area contributed by atoms with Crippen LogP contribution in [0.25, 0.3) is 11.0 Å². The molecule has 1 saturated heterocycles. The summed E-state index contributed by atoms with van der Waals surface area (Å²) in [6.07, 6.45) is 1.55. The topological polar surface area (TPSA) is 95.2 Å². The maximum absolute atomic E-state index is 12.7. The zero-order valence-electron chi connectivity index (χ0n) is 13.8. The van der Waals surface area contributed by atoms with E-state index in [0.717, 1.165) is 5.56 Å². The lowest BCUT2D eigenvalue weighted by Gasteiger charge is -2.24. The lowest BCUT2D eigenvalue weighted by Crippen LogP contribution is -2.45. The van der Waals surface area contributed by atoms with Crippen LogP contribution in [-0.2, 0) is 4.79 Å². The summed E-state index contributed by atoms with van der Waals surface area (Å²) in [5.41, 5.74) is 3.13. The molecule has 1 aliphatic heterocycles. The summed E-state index contributed by atoms with van der Waals surface area (Å²) in [5.74, 6) is -0.671. The Kier molecular flexibility index (Phi) is 4.59. The fourth-order valence-electron chi connectivity index (χ4n) is 2.79. The summed E-state index contributed by atoms with van der Waals surface area (Å²) in [5, 5.41) is 2.07. The molecule has 136 valence electrons. The van der Waals surface area contributed by atoms with Crippen LogP contribution in [0.15, 0.2) is 53.5 Å². The molecule has 3 aromatic rings. The number of aromatic nitrogens is 2. The summed E-state index contributed by atoms with van der Waals surface area (Å²) >= 11 is 7.30. The van der Waals surface area contributed by atoms with Gasteiger partial charge in [-0.1, -0.05) is 23.7 Å².